The van der Waals surface area contributed by atoms with Gasteiger partial charge < -0.3 is 5.11 Å². The summed E-state index contributed by atoms with van der Waals surface area (Å²) >= 11 is 0. The summed E-state index contributed by atoms with van der Waals surface area (Å²) in [6.07, 6.45) is 3.34. The zero-order valence-corrected chi connectivity index (χ0v) is 27.4. The van der Waals surface area contributed by atoms with Gasteiger partial charge in [0.2, 0.25) is 26.0 Å². The minimum atomic E-state index is -3.97. The molecule has 0 radical (unpaired) electrons. The molecule has 12 nitrogen and oxygen atoms in total. The van der Waals surface area contributed by atoms with E-state index in [-0.39, 0.29) is 29.3 Å². The maximum Gasteiger partial charge on any atom is 0.322 e. The number of halogens is 2. The number of hydrazine groups is 1. The van der Waals surface area contributed by atoms with Gasteiger partial charge in [-0.25, -0.2) is 25.6 Å². The van der Waals surface area contributed by atoms with Crippen LogP contribution in [0, 0.1) is 11.6 Å². The Kier molecular flexibility index (Phi) is 12.4. The lowest BCUT2D eigenvalue weighted by Crippen LogP contribution is -2.55. The second kappa shape index (κ2) is 16.2. The minimum Gasteiger partial charge on any atom is -0.480 e. The number of nitrogens with one attached hydrogen (secondary N) is 2. The first-order valence-corrected chi connectivity index (χ1v) is 18.1. The first-order valence-electron chi connectivity index (χ1n) is 15.2. The fourth-order valence-electron chi connectivity index (χ4n) is 5.42. The first kappa shape index (κ1) is 36.6. The molecule has 0 unspecified atom stereocenters. The first-order chi connectivity index (χ1) is 22.8. The summed E-state index contributed by atoms with van der Waals surface area (Å²) in [4.78, 5) is 35.6. The molecule has 3 aromatic rings. The molecular weight excluding hydrogens is 671 g/mol. The van der Waals surface area contributed by atoms with E-state index in [1.54, 1.807) is 24.3 Å². The van der Waals surface area contributed by atoms with Crippen LogP contribution in [0.1, 0.15) is 44.1 Å². The molecule has 0 bridgehead atoms. The Morgan fingerprint density at radius 1 is 0.667 bits per heavy atom. The summed E-state index contributed by atoms with van der Waals surface area (Å²) in [7, 11) is -7.85. The van der Waals surface area contributed by atoms with Crippen LogP contribution in [0.2, 0.25) is 0 Å². The van der Waals surface area contributed by atoms with Gasteiger partial charge in [0.1, 0.15) is 23.7 Å². The molecule has 2 aliphatic rings. The topological polar surface area (TPSA) is 170 Å². The van der Waals surface area contributed by atoms with E-state index >= 15 is 0 Å². The number of carboxylic acid groups (broad SMARTS) is 1. The van der Waals surface area contributed by atoms with E-state index in [9.17, 15) is 40.0 Å². The zero-order valence-electron chi connectivity index (χ0n) is 25.8. The third-order valence-electron chi connectivity index (χ3n) is 7.87. The van der Waals surface area contributed by atoms with Crippen molar-refractivity contribution in [1.82, 2.24) is 19.5 Å². The number of sulfonamides is 2. The van der Waals surface area contributed by atoms with Crippen LogP contribution < -0.4 is 10.9 Å². The Bertz CT molecular complexity index is 1790. The molecule has 3 aromatic carbocycles. The highest BCUT2D eigenvalue weighted by molar-refractivity contribution is 7.89. The quantitative estimate of drug-likeness (QED) is 0.300. The molecule has 16 heteroatoms. The number of carbonyl (C=O) groups is 3. The standard InChI is InChI=1S/C20H22FN3O4S.C12H14FNO4S/c21-16-9-11-17(12-10-16)29(27,28)24-13-5-4-8-18(24)20(26)23-22-19(25)14-15-6-2-1-3-7-15;13-9-4-6-10(7-5-9)19(17,18)14-8-2-1-3-11(14)12(15)16/h1-3,6-7,9-12,18H,4-5,8,13-14H2,(H,22,25)(H,23,26);4-7,11H,1-3,8H2,(H,15,16)/t18-;11-/m00/s1. The smallest absolute Gasteiger partial charge is 0.322 e. The van der Waals surface area contributed by atoms with Crippen LogP contribution in [0.25, 0.3) is 0 Å². The maximum atomic E-state index is 13.1. The summed E-state index contributed by atoms with van der Waals surface area (Å²) in [5, 5.41) is 9.10. The van der Waals surface area contributed by atoms with E-state index in [0.717, 1.165) is 50.6 Å². The number of benzene rings is 3. The van der Waals surface area contributed by atoms with Crippen molar-refractivity contribution in [3.63, 3.8) is 0 Å². The number of carboxylic acids is 1. The van der Waals surface area contributed by atoms with E-state index in [1.807, 2.05) is 6.07 Å². The predicted octanol–water partition coefficient (Wildman–Crippen LogP) is 3.21. The molecule has 2 amide bonds. The second-order valence-corrected chi connectivity index (χ2v) is 15.0. The molecular formula is C32H36F2N4O8S2. The molecule has 0 saturated carbocycles. The van der Waals surface area contributed by atoms with Gasteiger partial charge in [0.05, 0.1) is 16.2 Å². The van der Waals surface area contributed by atoms with Gasteiger partial charge in [-0.05, 0) is 86.2 Å². The number of rotatable bonds is 8. The van der Waals surface area contributed by atoms with Gasteiger partial charge in [0.25, 0.3) is 5.91 Å². The fraction of sp³-hybridized carbons (Fsp3) is 0.344. The van der Waals surface area contributed by atoms with Crippen LogP contribution >= 0.6 is 0 Å². The van der Waals surface area contributed by atoms with Crippen LogP contribution in [-0.4, -0.2) is 73.5 Å². The van der Waals surface area contributed by atoms with Crippen LogP contribution in [0.15, 0.2) is 88.7 Å². The molecule has 2 atom stereocenters. The highest BCUT2D eigenvalue weighted by Gasteiger charge is 2.39. The summed E-state index contributed by atoms with van der Waals surface area (Å²) < 4.78 is 78.6. The molecule has 48 heavy (non-hydrogen) atoms. The molecule has 258 valence electrons. The van der Waals surface area contributed by atoms with Crippen LogP contribution in [0.3, 0.4) is 0 Å². The van der Waals surface area contributed by atoms with E-state index in [2.05, 4.69) is 10.9 Å². The number of piperidine rings is 2. The van der Waals surface area contributed by atoms with Crippen LogP contribution in [0.5, 0.6) is 0 Å². The molecule has 2 saturated heterocycles. The molecule has 2 heterocycles. The average Bonchev–Trinajstić information content (AvgIpc) is 3.08. The van der Waals surface area contributed by atoms with E-state index in [1.165, 1.54) is 12.1 Å². The van der Waals surface area contributed by atoms with Crippen molar-refractivity contribution in [2.24, 2.45) is 0 Å². The second-order valence-electron chi connectivity index (χ2n) is 11.2. The Labute approximate surface area is 277 Å². The highest BCUT2D eigenvalue weighted by atomic mass is 32.2. The Morgan fingerprint density at radius 2 is 1.12 bits per heavy atom. The van der Waals surface area contributed by atoms with Crippen molar-refractivity contribution in [2.75, 3.05) is 13.1 Å². The van der Waals surface area contributed by atoms with Crippen molar-refractivity contribution in [2.45, 2.75) is 66.8 Å². The van der Waals surface area contributed by atoms with Gasteiger partial charge >= 0.3 is 5.97 Å². The molecule has 0 aliphatic carbocycles. The maximum absolute atomic E-state index is 13.1. The number of carbonyl (C=O) groups excluding carboxylic acids is 2. The molecule has 2 fully saturated rings. The van der Waals surface area contributed by atoms with E-state index in [0.29, 0.717) is 38.5 Å². The lowest BCUT2D eigenvalue weighted by molar-refractivity contribution is -0.142. The van der Waals surface area contributed by atoms with Gasteiger partial charge in [-0.15, -0.1) is 0 Å². The summed E-state index contributed by atoms with van der Waals surface area (Å²) in [5.74, 6) is -3.24. The van der Waals surface area contributed by atoms with Crippen molar-refractivity contribution < 1.29 is 45.1 Å². The SMILES string of the molecule is O=C(Cc1ccccc1)NNC(=O)[C@@H]1CCCCN1S(=O)(=O)c1ccc(F)cc1.O=C(O)[C@@H]1CCCCN1S(=O)(=O)c1ccc(F)cc1. The number of nitrogens with zero attached hydrogens (tertiary/aromatic N) is 2. The molecule has 3 N–H and O–H groups in total. The van der Waals surface area contributed by atoms with Crippen molar-refractivity contribution in [3.8, 4) is 0 Å². The van der Waals surface area contributed by atoms with E-state index in [4.69, 9.17) is 5.11 Å². The van der Waals surface area contributed by atoms with Crippen molar-refractivity contribution in [1.29, 1.82) is 0 Å². The third kappa shape index (κ3) is 9.21. The zero-order chi connectivity index (χ0) is 34.9. The van der Waals surface area contributed by atoms with Gasteiger partial charge in [0.15, 0.2) is 0 Å². The summed E-state index contributed by atoms with van der Waals surface area (Å²) in [6, 6.07) is 15.9. The normalized spacial score (nSPS) is 19.0. The van der Waals surface area contributed by atoms with Crippen molar-refractivity contribution in [3.05, 3.63) is 96.1 Å². The van der Waals surface area contributed by atoms with Gasteiger partial charge in [0, 0.05) is 13.1 Å². The predicted molar refractivity (Wildman–Crippen MR) is 170 cm³/mol. The monoisotopic (exact) mass is 706 g/mol. The lowest BCUT2D eigenvalue weighted by atomic mass is 10.0. The van der Waals surface area contributed by atoms with Crippen molar-refractivity contribution >= 4 is 37.8 Å². The number of aliphatic carboxylic acids is 1. The fourth-order valence-corrected chi connectivity index (χ4v) is 8.73. The minimum absolute atomic E-state index is 0.0771. The Balaban J connectivity index is 0.000000237. The van der Waals surface area contributed by atoms with Gasteiger partial charge in [-0.3, -0.25) is 25.2 Å². The molecule has 0 aromatic heterocycles. The summed E-state index contributed by atoms with van der Waals surface area (Å²) in [6.45, 7) is 0.354. The van der Waals surface area contributed by atoms with Crippen LogP contribution in [0.4, 0.5) is 8.78 Å². The lowest BCUT2D eigenvalue weighted by Gasteiger charge is -2.33. The average molecular weight is 707 g/mol. The number of hydrogen-bond donors (Lipinski definition) is 3. The van der Waals surface area contributed by atoms with Crippen LogP contribution in [-0.2, 0) is 40.9 Å². The Morgan fingerprint density at radius 3 is 1.60 bits per heavy atom. The van der Waals surface area contributed by atoms with E-state index < -0.39 is 61.5 Å². The largest absolute Gasteiger partial charge is 0.480 e. The highest BCUT2D eigenvalue weighted by Crippen LogP contribution is 2.27. The molecule has 0 spiro atoms. The molecule has 5 rings (SSSR count). The number of hydrogen-bond acceptors (Lipinski definition) is 7. The Hall–Kier alpha value is -4.25. The third-order valence-corrected chi connectivity index (χ3v) is 11.7. The summed E-state index contributed by atoms with van der Waals surface area (Å²) in [5.41, 5.74) is 5.46. The molecule has 2 aliphatic heterocycles. The number of amides is 2. The van der Waals surface area contributed by atoms with Gasteiger partial charge in [-0.1, -0.05) is 36.8 Å². The van der Waals surface area contributed by atoms with Gasteiger partial charge in [-0.2, -0.15) is 8.61 Å².